The van der Waals surface area contributed by atoms with E-state index in [2.05, 4.69) is 39.9 Å². The van der Waals surface area contributed by atoms with Crippen molar-refractivity contribution in [2.75, 3.05) is 0 Å². The SMILES string of the molecule is CC1N[C@@H](C(=O)N/N=C/C2CCCCC2)Cc2c1[nH]c1ccccc21. The number of aromatic nitrogens is 1. The molecule has 1 aliphatic heterocycles. The Bertz CT molecular complexity index is 788. The lowest BCUT2D eigenvalue weighted by Gasteiger charge is -2.28. The van der Waals surface area contributed by atoms with E-state index in [0.29, 0.717) is 12.3 Å². The highest BCUT2D eigenvalue weighted by Crippen LogP contribution is 2.31. The molecule has 1 aromatic carbocycles. The monoisotopic (exact) mass is 338 g/mol. The molecule has 0 radical (unpaired) electrons. The summed E-state index contributed by atoms with van der Waals surface area (Å²) in [6, 6.07) is 8.17. The summed E-state index contributed by atoms with van der Waals surface area (Å²) in [4.78, 5) is 16.0. The first-order chi connectivity index (χ1) is 12.2. The van der Waals surface area contributed by atoms with Crippen LogP contribution in [0, 0.1) is 5.92 Å². The summed E-state index contributed by atoms with van der Waals surface area (Å²) in [7, 11) is 0. The van der Waals surface area contributed by atoms with Crippen molar-refractivity contribution in [2.24, 2.45) is 11.0 Å². The molecule has 1 aromatic heterocycles. The number of nitrogens with zero attached hydrogens (tertiary/aromatic N) is 1. The highest BCUT2D eigenvalue weighted by molar-refractivity contribution is 5.88. The highest BCUT2D eigenvalue weighted by atomic mass is 16.2. The fourth-order valence-electron chi connectivity index (χ4n) is 4.19. The van der Waals surface area contributed by atoms with Crippen molar-refractivity contribution in [1.29, 1.82) is 0 Å². The van der Waals surface area contributed by atoms with E-state index in [1.807, 2.05) is 18.3 Å². The van der Waals surface area contributed by atoms with Gasteiger partial charge in [-0.3, -0.25) is 10.1 Å². The summed E-state index contributed by atoms with van der Waals surface area (Å²) >= 11 is 0. The zero-order valence-electron chi connectivity index (χ0n) is 14.7. The van der Waals surface area contributed by atoms with Crippen LogP contribution < -0.4 is 10.7 Å². The average Bonchev–Trinajstić information content (AvgIpc) is 3.02. The molecule has 3 N–H and O–H groups in total. The Morgan fingerprint density at radius 1 is 1.24 bits per heavy atom. The first-order valence-electron chi connectivity index (χ1n) is 9.41. The van der Waals surface area contributed by atoms with Crippen molar-refractivity contribution in [3.63, 3.8) is 0 Å². The maximum atomic E-state index is 12.6. The molecule has 2 aliphatic rings. The number of carbonyl (C=O) groups excluding carboxylic acids is 1. The van der Waals surface area contributed by atoms with Crippen LogP contribution in [0.3, 0.4) is 0 Å². The molecule has 1 fully saturated rings. The van der Waals surface area contributed by atoms with Gasteiger partial charge in [0.25, 0.3) is 5.91 Å². The standard InChI is InChI=1S/C20H26N4O/c1-13-19-16(15-9-5-6-10-17(15)23-19)11-18(22-13)20(25)24-21-12-14-7-3-2-4-8-14/h5-6,9-10,12-14,18,22-23H,2-4,7-8,11H2,1H3,(H,24,25)/b21-12+/t13?,18-/m1/s1. The van der Waals surface area contributed by atoms with Crippen LogP contribution in [0.15, 0.2) is 29.4 Å². The van der Waals surface area contributed by atoms with Crippen LogP contribution in [-0.2, 0) is 11.2 Å². The molecule has 25 heavy (non-hydrogen) atoms. The number of hydrogen-bond donors (Lipinski definition) is 3. The summed E-state index contributed by atoms with van der Waals surface area (Å²) in [6.07, 6.45) is 8.88. The molecule has 1 unspecified atom stereocenters. The van der Waals surface area contributed by atoms with E-state index >= 15 is 0 Å². The molecule has 5 heteroatoms. The molecule has 2 heterocycles. The summed E-state index contributed by atoms with van der Waals surface area (Å²) in [5.41, 5.74) is 6.32. The number of nitrogens with one attached hydrogen (secondary N) is 3. The Kier molecular flexibility index (Phi) is 4.57. The van der Waals surface area contributed by atoms with Crippen LogP contribution in [-0.4, -0.2) is 23.1 Å². The van der Waals surface area contributed by atoms with Crippen LogP contribution in [0.4, 0.5) is 0 Å². The summed E-state index contributed by atoms with van der Waals surface area (Å²) in [5.74, 6) is 0.474. The molecule has 1 amide bonds. The molecule has 5 nitrogen and oxygen atoms in total. The third kappa shape index (κ3) is 3.33. The molecule has 1 aliphatic carbocycles. The van der Waals surface area contributed by atoms with Crippen LogP contribution in [0.5, 0.6) is 0 Å². The van der Waals surface area contributed by atoms with Crippen LogP contribution in [0.2, 0.25) is 0 Å². The minimum Gasteiger partial charge on any atom is -0.357 e. The topological polar surface area (TPSA) is 69.3 Å². The second kappa shape index (κ2) is 7.00. The summed E-state index contributed by atoms with van der Waals surface area (Å²) in [6.45, 7) is 2.10. The van der Waals surface area contributed by atoms with Crippen molar-refractivity contribution in [3.8, 4) is 0 Å². The van der Waals surface area contributed by atoms with Gasteiger partial charge in [-0.25, -0.2) is 5.43 Å². The quantitative estimate of drug-likeness (QED) is 0.593. The second-order valence-corrected chi connectivity index (χ2v) is 7.36. The first kappa shape index (κ1) is 16.3. The average molecular weight is 338 g/mol. The molecule has 0 saturated heterocycles. The minimum absolute atomic E-state index is 0.0464. The van der Waals surface area contributed by atoms with E-state index < -0.39 is 0 Å². The lowest BCUT2D eigenvalue weighted by Crippen LogP contribution is -2.47. The van der Waals surface area contributed by atoms with E-state index in [1.165, 1.54) is 48.7 Å². The number of H-pyrrole nitrogens is 1. The van der Waals surface area contributed by atoms with Gasteiger partial charge in [-0.2, -0.15) is 5.10 Å². The van der Waals surface area contributed by atoms with Crippen LogP contribution in [0.1, 0.15) is 56.3 Å². The largest absolute Gasteiger partial charge is 0.357 e. The van der Waals surface area contributed by atoms with E-state index in [0.717, 1.165) is 5.52 Å². The first-order valence-corrected chi connectivity index (χ1v) is 9.41. The Balaban J connectivity index is 1.45. The number of aromatic amines is 1. The number of para-hydroxylation sites is 1. The summed E-state index contributed by atoms with van der Waals surface area (Å²) < 4.78 is 0. The minimum atomic E-state index is -0.245. The fraction of sp³-hybridized carbons (Fsp3) is 0.500. The number of benzene rings is 1. The maximum Gasteiger partial charge on any atom is 0.257 e. The lowest BCUT2D eigenvalue weighted by molar-refractivity contribution is -0.123. The van der Waals surface area contributed by atoms with Crippen LogP contribution in [0.25, 0.3) is 10.9 Å². The smallest absolute Gasteiger partial charge is 0.257 e. The molecule has 4 rings (SSSR count). The second-order valence-electron chi connectivity index (χ2n) is 7.36. The predicted octanol–water partition coefficient (Wildman–Crippen LogP) is 3.43. The predicted molar refractivity (Wildman–Crippen MR) is 101 cm³/mol. The zero-order chi connectivity index (χ0) is 17.2. The van der Waals surface area contributed by atoms with Crippen molar-refractivity contribution < 1.29 is 4.79 Å². The van der Waals surface area contributed by atoms with Gasteiger partial charge in [0.2, 0.25) is 0 Å². The number of hydrogen-bond acceptors (Lipinski definition) is 3. The van der Waals surface area contributed by atoms with Gasteiger partial charge in [0, 0.05) is 28.9 Å². The van der Waals surface area contributed by atoms with Gasteiger partial charge in [0.05, 0.1) is 6.04 Å². The Hall–Kier alpha value is -2.14. The maximum absolute atomic E-state index is 12.6. The van der Waals surface area contributed by atoms with Gasteiger partial charge in [-0.15, -0.1) is 0 Å². The molecule has 1 saturated carbocycles. The zero-order valence-corrected chi connectivity index (χ0v) is 14.7. The van der Waals surface area contributed by atoms with Gasteiger partial charge >= 0.3 is 0 Å². The number of amides is 1. The molecular formula is C20H26N4O. The molecular weight excluding hydrogens is 312 g/mol. The molecule has 2 aromatic rings. The highest BCUT2D eigenvalue weighted by Gasteiger charge is 2.30. The van der Waals surface area contributed by atoms with Gasteiger partial charge in [0.1, 0.15) is 0 Å². The Morgan fingerprint density at radius 2 is 2.04 bits per heavy atom. The number of hydrazone groups is 1. The van der Waals surface area contributed by atoms with E-state index in [9.17, 15) is 4.79 Å². The molecule has 2 atom stereocenters. The van der Waals surface area contributed by atoms with Gasteiger partial charge < -0.3 is 4.98 Å². The van der Waals surface area contributed by atoms with Gasteiger partial charge in [-0.1, -0.05) is 37.5 Å². The van der Waals surface area contributed by atoms with Crippen molar-refractivity contribution in [1.82, 2.24) is 15.7 Å². The van der Waals surface area contributed by atoms with Gasteiger partial charge in [0.15, 0.2) is 0 Å². The van der Waals surface area contributed by atoms with Crippen molar-refractivity contribution in [3.05, 3.63) is 35.5 Å². The van der Waals surface area contributed by atoms with E-state index in [1.54, 1.807) is 0 Å². The summed E-state index contributed by atoms with van der Waals surface area (Å²) in [5, 5.41) is 8.85. The Labute approximate surface area is 148 Å². The number of rotatable bonds is 3. The van der Waals surface area contributed by atoms with Crippen molar-refractivity contribution >= 4 is 23.0 Å². The Morgan fingerprint density at radius 3 is 2.88 bits per heavy atom. The molecule has 0 spiro atoms. The van der Waals surface area contributed by atoms with Crippen LogP contribution >= 0.6 is 0 Å². The molecule has 132 valence electrons. The normalized spacial score (nSPS) is 24.5. The fourth-order valence-corrected chi connectivity index (χ4v) is 4.19. The lowest BCUT2D eigenvalue weighted by atomic mass is 9.90. The molecule has 0 bridgehead atoms. The number of fused-ring (bicyclic) bond motifs is 3. The third-order valence-corrected chi connectivity index (χ3v) is 5.57. The van der Waals surface area contributed by atoms with Crippen molar-refractivity contribution in [2.45, 2.75) is 57.5 Å². The number of carbonyl (C=O) groups is 1. The third-order valence-electron chi connectivity index (χ3n) is 5.57. The van der Waals surface area contributed by atoms with Gasteiger partial charge in [-0.05, 0) is 43.7 Å². The van der Waals surface area contributed by atoms with E-state index in [-0.39, 0.29) is 18.0 Å². The van der Waals surface area contributed by atoms with E-state index in [4.69, 9.17) is 0 Å².